The molecule has 18 heavy (non-hydrogen) atoms. The molecule has 0 aliphatic carbocycles. The lowest BCUT2D eigenvalue weighted by molar-refractivity contribution is 0.553. The number of nitrogens with one attached hydrogen (secondary N) is 1. The third-order valence-corrected chi connectivity index (χ3v) is 4.21. The molecule has 2 rings (SSSR count). The molecule has 0 amide bonds. The van der Waals surface area contributed by atoms with Crippen LogP contribution in [0.5, 0.6) is 0 Å². The molecule has 1 heterocycles. The lowest BCUT2D eigenvalue weighted by atomic mass is 10.0. The summed E-state index contributed by atoms with van der Waals surface area (Å²) >= 11 is 9.76. The van der Waals surface area contributed by atoms with Gasteiger partial charge in [-0.3, -0.25) is 4.68 Å². The van der Waals surface area contributed by atoms with E-state index in [1.54, 1.807) is 11.0 Å². The van der Waals surface area contributed by atoms with Gasteiger partial charge in [0.2, 0.25) is 0 Å². The number of rotatable bonds is 4. The number of benzene rings is 1. The largest absolute Gasteiger partial charge is 0.313 e. The smallest absolute Gasteiger partial charge is 0.138 e. The highest BCUT2D eigenvalue weighted by Gasteiger charge is 2.17. The minimum absolute atomic E-state index is 0.109. The van der Waals surface area contributed by atoms with E-state index in [9.17, 15) is 0 Å². The first-order chi connectivity index (χ1) is 8.63. The summed E-state index contributed by atoms with van der Waals surface area (Å²) in [5.74, 6) is 0.922. The molecule has 0 saturated carbocycles. The van der Waals surface area contributed by atoms with Crippen LogP contribution in [0.2, 0.25) is 5.02 Å². The molecular formula is C12H14BrClN4. The summed E-state index contributed by atoms with van der Waals surface area (Å²) in [6.07, 6.45) is 2.30. The maximum Gasteiger partial charge on any atom is 0.138 e. The maximum atomic E-state index is 6.32. The molecular weight excluding hydrogens is 316 g/mol. The Morgan fingerprint density at radius 1 is 1.50 bits per heavy atom. The lowest BCUT2D eigenvalue weighted by Gasteiger charge is -2.18. The molecule has 6 heteroatoms. The van der Waals surface area contributed by atoms with Gasteiger partial charge in [-0.2, -0.15) is 5.10 Å². The first-order valence-corrected chi connectivity index (χ1v) is 6.74. The Morgan fingerprint density at radius 3 is 2.89 bits per heavy atom. The fourth-order valence-corrected chi connectivity index (χ4v) is 2.48. The van der Waals surface area contributed by atoms with Crippen molar-refractivity contribution in [1.82, 2.24) is 20.1 Å². The molecule has 1 atom stereocenters. The summed E-state index contributed by atoms with van der Waals surface area (Å²) in [7, 11) is 3.80. The Hall–Kier alpha value is -0.910. The number of halogens is 2. The fraction of sp³-hybridized carbons (Fsp3) is 0.333. The average molecular weight is 330 g/mol. The van der Waals surface area contributed by atoms with Gasteiger partial charge in [-0.05, 0) is 34.6 Å². The summed E-state index contributed by atoms with van der Waals surface area (Å²) in [4.78, 5) is 4.24. The number of likely N-dealkylation sites (N-methyl/N-ethyl adjacent to an activating group) is 1. The Labute approximate surface area is 119 Å². The Balaban J connectivity index is 2.29. The van der Waals surface area contributed by atoms with Crippen LogP contribution in [-0.4, -0.2) is 21.8 Å². The van der Waals surface area contributed by atoms with Crippen molar-refractivity contribution >= 4 is 27.5 Å². The molecule has 0 saturated heterocycles. The van der Waals surface area contributed by atoms with Crippen molar-refractivity contribution in [3.8, 4) is 0 Å². The molecule has 0 bridgehead atoms. The van der Waals surface area contributed by atoms with E-state index < -0.39 is 0 Å². The molecule has 0 spiro atoms. The highest BCUT2D eigenvalue weighted by Crippen LogP contribution is 2.31. The fourth-order valence-electron chi connectivity index (χ4n) is 1.84. The van der Waals surface area contributed by atoms with Gasteiger partial charge < -0.3 is 5.32 Å². The van der Waals surface area contributed by atoms with E-state index in [1.807, 2.05) is 32.3 Å². The second-order valence-corrected chi connectivity index (χ2v) is 5.22. The molecule has 1 aromatic carbocycles. The van der Waals surface area contributed by atoms with Gasteiger partial charge in [0.1, 0.15) is 12.2 Å². The molecule has 4 nitrogen and oxygen atoms in total. The Kier molecular flexibility index (Phi) is 4.37. The quantitative estimate of drug-likeness (QED) is 0.938. The number of aromatic nitrogens is 3. The molecule has 0 radical (unpaired) electrons. The van der Waals surface area contributed by atoms with Gasteiger partial charge in [0, 0.05) is 24.0 Å². The molecule has 2 aromatic rings. The van der Waals surface area contributed by atoms with Crippen LogP contribution in [-0.2, 0) is 13.5 Å². The zero-order valence-electron chi connectivity index (χ0n) is 10.2. The summed E-state index contributed by atoms with van der Waals surface area (Å²) in [6.45, 7) is 0. The van der Waals surface area contributed by atoms with Crippen LogP contribution >= 0.6 is 27.5 Å². The predicted molar refractivity (Wildman–Crippen MR) is 75.7 cm³/mol. The normalized spacial score (nSPS) is 12.7. The van der Waals surface area contributed by atoms with Gasteiger partial charge in [0.15, 0.2) is 0 Å². The van der Waals surface area contributed by atoms with Crippen molar-refractivity contribution in [2.45, 2.75) is 12.5 Å². The van der Waals surface area contributed by atoms with Crippen LogP contribution < -0.4 is 5.32 Å². The van der Waals surface area contributed by atoms with E-state index >= 15 is 0 Å². The maximum absolute atomic E-state index is 6.32. The van der Waals surface area contributed by atoms with E-state index in [-0.39, 0.29) is 6.04 Å². The molecule has 1 N–H and O–H groups in total. The molecule has 0 aliphatic rings. The minimum atomic E-state index is 0.109. The van der Waals surface area contributed by atoms with Gasteiger partial charge in [-0.1, -0.05) is 23.7 Å². The first kappa shape index (κ1) is 13.5. The molecule has 0 aliphatic heterocycles. The van der Waals surface area contributed by atoms with Gasteiger partial charge in [0.05, 0.1) is 5.02 Å². The van der Waals surface area contributed by atoms with Crippen molar-refractivity contribution in [1.29, 1.82) is 0 Å². The van der Waals surface area contributed by atoms with E-state index in [0.717, 1.165) is 27.3 Å². The van der Waals surface area contributed by atoms with E-state index in [0.29, 0.717) is 0 Å². The monoisotopic (exact) mass is 328 g/mol. The van der Waals surface area contributed by atoms with Gasteiger partial charge in [0.25, 0.3) is 0 Å². The molecule has 96 valence electrons. The standard InChI is InChI=1S/C12H14BrClN4/c1-15-10(6-11-16-7-17-18(11)2)8-4-3-5-9(13)12(8)14/h3-5,7,10,15H,6H2,1-2H3. The Bertz CT molecular complexity index is 541. The summed E-state index contributed by atoms with van der Waals surface area (Å²) < 4.78 is 2.68. The van der Waals surface area contributed by atoms with Gasteiger partial charge in [-0.25, -0.2) is 4.98 Å². The molecule has 1 aromatic heterocycles. The minimum Gasteiger partial charge on any atom is -0.313 e. The summed E-state index contributed by atoms with van der Waals surface area (Å²) in [5, 5.41) is 8.07. The van der Waals surface area contributed by atoms with E-state index in [4.69, 9.17) is 11.6 Å². The van der Waals surface area contributed by atoms with Crippen LogP contribution in [0.3, 0.4) is 0 Å². The van der Waals surface area contributed by atoms with Gasteiger partial charge >= 0.3 is 0 Å². The topological polar surface area (TPSA) is 42.7 Å². The van der Waals surface area contributed by atoms with Crippen LogP contribution in [0.25, 0.3) is 0 Å². The van der Waals surface area contributed by atoms with Crippen molar-refractivity contribution in [2.24, 2.45) is 7.05 Å². The second-order valence-electron chi connectivity index (χ2n) is 3.99. The zero-order chi connectivity index (χ0) is 13.1. The van der Waals surface area contributed by atoms with Crippen LogP contribution in [0.15, 0.2) is 29.0 Å². The first-order valence-electron chi connectivity index (χ1n) is 5.57. The van der Waals surface area contributed by atoms with Crippen molar-refractivity contribution in [2.75, 3.05) is 7.05 Å². The van der Waals surface area contributed by atoms with Crippen LogP contribution in [0.4, 0.5) is 0 Å². The summed E-state index contributed by atoms with van der Waals surface area (Å²) in [6, 6.07) is 6.04. The summed E-state index contributed by atoms with van der Waals surface area (Å²) in [5.41, 5.74) is 1.05. The van der Waals surface area contributed by atoms with Crippen LogP contribution in [0, 0.1) is 0 Å². The van der Waals surface area contributed by atoms with Crippen molar-refractivity contribution in [3.63, 3.8) is 0 Å². The lowest BCUT2D eigenvalue weighted by Crippen LogP contribution is -2.21. The highest BCUT2D eigenvalue weighted by atomic mass is 79.9. The number of aryl methyl sites for hydroxylation is 1. The molecule has 1 unspecified atom stereocenters. The van der Waals surface area contributed by atoms with E-state index in [1.165, 1.54) is 0 Å². The number of hydrogen-bond donors (Lipinski definition) is 1. The molecule has 0 fully saturated rings. The SMILES string of the molecule is CNC(Cc1ncnn1C)c1cccc(Br)c1Cl. The predicted octanol–water partition coefficient (Wildman–Crippen LogP) is 2.73. The third-order valence-electron chi connectivity index (χ3n) is 2.90. The second kappa shape index (κ2) is 5.82. The van der Waals surface area contributed by atoms with Crippen molar-refractivity contribution < 1.29 is 0 Å². The average Bonchev–Trinajstić information content (AvgIpc) is 2.76. The highest BCUT2D eigenvalue weighted by molar-refractivity contribution is 9.10. The van der Waals surface area contributed by atoms with Crippen LogP contribution in [0.1, 0.15) is 17.4 Å². The number of nitrogens with zero attached hydrogens (tertiary/aromatic N) is 3. The third kappa shape index (κ3) is 2.74. The van der Waals surface area contributed by atoms with Gasteiger partial charge in [-0.15, -0.1) is 0 Å². The zero-order valence-corrected chi connectivity index (χ0v) is 12.5. The van der Waals surface area contributed by atoms with E-state index in [2.05, 4.69) is 31.3 Å². The van der Waals surface area contributed by atoms with Crippen molar-refractivity contribution in [3.05, 3.63) is 45.4 Å². The Morgan fingerprint density at radius 2 is 2.28 bits per heavy atom. The number of hydrogen-bond acceptors (Lipinski definition) is 3.